The molecule has 4 aliphatic heterocycles. The van der Waals surface area contributed by atoms with Crippen molar-refractivity contribution >= 4 is 77.4 Å². The molecule has 472 valence electrons. The Balaban J connectivity index is 0.000000182. The number of hydrogen-bond donors (Lipinski definition) is 0. The van der Waals surface area contributed by atoms with Crippen LogP contribution in [0.25, 0.3) is 0 Å². The van der Waals surface area contributed by atoms with Gasteiger partial charge in [0, 0.05) is 96.7 Å². The number of amides is 2. The summed E-state index contributed by atoms with van der Waals surface area (Å²) in [7, 11) is -2.55. The highest BCUT2D eigenvalue weighted by Crippen LogP contribution is 2.50. The molecular formula is C70H86Cl2N4O10S2. The summed E-state index contributed by atoms with van der Waals surface area (Å²) < 4.78 is 61.5. The van der Waals surface area contributed by atoms with Crippen molar-refractivity contribution in [2.24, 2.45) is 32.4 Å². The summed E-state index contributed by atoms with van der Waals surface area (Å²) >= 11 is 12.8. The Bertz CT molecular complexity index is 3390. The Hall–Kier alpha value is -5.36. The lowest BCUT2D eigenvalue weighted by Gasteiger charge is -2.46. The van der Waals surface area contributed by atoms with Crippen LogP contribution in [0.5, 0.6) is 11.5 Å². The predicted molar refractivity (Wildman–Crippen MR) is 351 cm³/mol. The van der Waals surface area contributed by atoms with E-state index in [4.69, 9.17) is 42.1 Å². The summed E-state index contributed by atoms with van der Waals surface area (Å²) in [4.78, 5) is 56.8. The van der Waals surface area contributed by atoms with Gasteiger partial charge in [-0.3, -0.25) is 19.2 Å². The van der Waals surface area contributed by atoms with Gasteiger partial charge in [-0.25, -0.2) is 8.42 Å². The molecule has 0 N–H and O–H groups in total. The highest BCUT2D eigenvalue weighted by Gasteiger charge is 2.47. The second-order valence-corrected chi connectivity index (χ2v) is 31.7. The van der Waals surface area contributed by atoms with Gasteiger partial charge in [-0.2, -0.15) is 8.73 Å². The summed E-state index contributed by atoms with van der Waals surface area (Å²) in [6.07, 6.45) is 22.1. The molecule has 4 heterocycles. The number of aryl methyl sites for hydroxylation is 2. The topological polar surface area (TPSA) is 171 Å². The number of carbonyl (C=O) groups excluding carboxylic acids is 4. The molecule has 88 heavy (non-hydrogen) atoms. The van der Waals surface area contributed by atoms with Gasteiger partial charge in [0.1, 0.15) is 23.1 Å². The number of allylic oxidation sites excluding steroid dienone is 2. The average Bonchev–Trinajstić information content (AvgIpc) is 1.57. The number of methoxy groups -OCH3 is 2. The maximum absolute atomic E-state index is 13.9. The molecule has 0 radical (unpaired) electrons. The van der Waals surface area contributed by atoms with E-state index in [2.05, 4.69) is 67.1 Å². The second-order valence-electron chi connectivity index (χ2n) is 25.9. The number of nitrogens with zero attached hydrogens (tertiary/aromatic N) is 4. The monoisotopic (exact) mass is 1280 g/mol. The number of hydrogen-bond acceptors (Lipinski definition) is 12. The van der Waals surface area contributed by atoms with Crippen molar-refractivity contribution in [3.05, 3.63) is 141 Å². The van der Waals surface area contributed by atoms with Gasteiger partial charge >= 0.3 is 0 Å². The number of ketones is 2. The zero-order valence-corrected chi connectivity index (χ0v) is 54.7. The highest BCUT2D eigenvalue weighted by molar-refractivity contribution is 7.94. The van der Waals surface area contributed by atoms with Crippen LogP contribution in [0.15, 0.2) is 106 Å². The highest BCUT2D eigenvalue weighted by atomic mass is 35.5. The number of carbonyl (C=O) groups is 4. The van der Waals surface area contributed by atoms with E-state index in [1.165, 1.54) is 22.3 Å². The van der Waals surface area contributed by atoms with Gasteiger partial charge in [-0.1, -0.05) is 73.5 Å². The standard InChI is InChI=1S/2C35H43ClN2O5S/c2*1-3-28(39)21-44(41)17-6-4-5-9-32(42-2)29-13-10-26(29)20-38-22-35(16-7-8-24-18-27(36)12-14-30(24)35)23-43-33-15-11-25(19-31(33)38)34(40)37-44/h2*5,9,11-12,14-15,18-19,26,29,32H,3-4,6-8,10,13,16-17,20-23H2,1-2H3/b2*9-5+/t26-,29+,32-,35-,44+;26-,29+,32-,35-,44-/m00/s1. The fraction of sp³-hybridized carbons (Fsp3) is 0.543. The van der Waals surface area contributed by atoms with Crippen molar-refractivity contribution in [1.29, 1.82) is 0 Å². The number of fused-ring (bicyclic) bond motifs is 8. The van der Waals surface area contributed by atoms with Crippen LogP contribution in [0.1, 0.15) is 147 Å². The number of ether oxygens (including phenoxy) is 4. The number of benzene rings is 4. The molecule has 2 spiro atoms. The largest absolute Gasteiger partial charge is 0.490 e. The third-order valence-corrected chi connectivity index (χ3v) is 25.1. The van der Waals surface area contributed by atoms with Crippen molar-refractivity contribution in [1.82, 2.24) is 0 Å². The molecule has 14 nitrogen and oxygen atoms in total. The number of halogens is 2. The van der Waals surface area contributed by atoms with Crippen molar-refractivity contribution in [3.8, 4) is 11.5 Å². The molecule has 2 saturated carbocycles. The number of rotatable bonds is 8. The molecule has 2 amide bonds. The molecule has 10 atom stereocenters. The van der Waals surface area contributed by atoms with E-state index in [1.54, 1.807) is 40.2 Å². The van der Waals surface area contributed by atoms with Crippen LogP contribution in [0.2, 0.25) is 10.0 Å². The van der Waals surface area contributed by atoms with Crippen molar-refractivity contribution in [2.75, 3.05) is 86.4 Å². The summed E-state index contributed by atoms with van der Waals surface area (Å²) in [6, 6.07) is 23.4. The van der Waals surface area contributed by atoms with Crippen LogP contribution in [-0.2, 0) is 62.2 Å². The predicted octanol–water partition coefficient (Wildman–Crippen LogP) is 13.6. The Kier molecular flexibility index (Phi) is 20.1. The van der Waals surface area contributed by atoms with Gasteiger partial charge in [-0.05, 0) is 196 Å². The van der Waals surface area contributed by atoms with Crippen molar-refractivity contribution in [2.45, 2.75) is 140 Å². The Morgan fingerprint density at radius 3 is 1.42 bits per heavy atom. The first-order valence-corrected chi connectivity index (χ1v) is 36.5. The van der Waals surface area contributed by atoms with Crippen LogP contribution in [0.4, 0.5) is 11.4 Å². The second kappa shape index (κ2) is 27.6. The minimum atomic E-state index is -3.05. The number of Topliss-reactive ketones (excluding diaryl/α,β-unsaturated/α-hetero) is 2. The van der Waals surface area contributed by atoms with Gasteiger partial charge in [-0.15, -0.1) is 0 Å². The van der Waals surface area contributed by atoms with Gasteiger partial charge in [0.25, 0.3) is 11.8 Å². The van der Waals surface area contributed by atoms with Crippen LogP contribution in [-0.4, -0.2) is 121 Å². The fourth-order valence-corrected chi connectivity index (χ4v) is 19.5. The van der Waals surface area contributed by atoms with Gasteiger partial charge in [0.05, 0.1) is 67.8 Å². The van der Waals surface area contributed by atoms with Crippen LogP contribution in [0.3, 0.4) is 0 Å². The van der Waals surface area contributed by atoms with Gasteiger partial charge in [0.2, 0.25) is 0 Å². The molecule has 4 aromatic rings. The lowest BCUT2D eigenvalue weighted by molar-refractivity contribution is -0.117. The molecule has 8 aliphatic rings. The maximum Gasteiger partial charge on any atom is 0.285 e. The lowest BCUT2D eigenvalue weighted by Crippen LogP contribution is -2.49. The lowest BCUT2D eigenvalue weighted by atomic mass is 9.68. The van der Waals surface area contributed by atoms with E-state index in [-0.39, 0.29) is 70.5 Å². The van der Waals surface area contributed by atoms with E-state index in [1.807, 2.05) is 36.4 Å². The first-order chi connectivity index (χ1) is 42.4. The molecule has 4 aliphatic carbocycles. The van der Waals surface area contributed by atoms with Gasteiger partial charge < -0.3 is 28.7 Å². The summed E-state index contributed by atoms with van der Waals surface area (Å²) in [5.41, 5.74) is 7.17. The first kappa shape index (κ1) is 64.2. The molecule has 0 saturated heterocycles. The minimum absolute atomic E-state index is 0.000475. The van der Waals surface area contributed by atoms with E-state index in [9.17, 15) is 27.6 Å². The van der Waals surface area contributed by atoms with Crippen molar-refractivity contribution in [3.63, 3.8) is 0 Å². The normalized spacial score (nSPS) is 31.0. The third kappa shape index (κ3) is 14.1. The number of anilines is 2. The van der Waals surface area contributed by atoms with Gasteiger partial charge in [0.15, 0.2) is 0 Å². The third-order valence-electron chi connectivity index (χ3n) is 20.2. The van der Waals surface area contributed by atoms with Crippen LogP contribution in [0, 0.1) is 23.7 Å². The average molecular weight is 1280 g/mol. The Morgan fingerprint density at radius 1 is 0.602 bits per heavy atom. The molecule has 12 rings (SSSR count). The van der Waals surface area contributed by atoms with E-state index in [0.717, 1.165) is 123 Å². The van der Waals surface area contributed by atoms with E-state index >= 15 is 0 Å². The van der Waals surface area contributed by atoms with Crippen LogP contribution >= 0.6 is 23.2 Å². The maximum atomic E-state index is 13.9. The molecular weight excluding hydrogens is 1190 g/mol. The molecule has 4 aromatic carbocycles. The Labute approximate surface area is 531 Å². The molecule has 4 bridgehead atoms. The minimum Gasteiger partial charge on any atom is -0.490 e. The quantitative estimate of drug-likeness (QED) is 0.153. The Morgan fingerprint density at radius 2 is 1.03 bits per heavy atom. The summed E-state index contributed by atoms with van der Waals surface area (Å²) in [6.45, 7) is 7.70. The molecule has 0 aromatic heterocycles. The zero-order valence-electron chi connectivity index (χ0n) is 51.5. The van der Waals surface area contributed by atoms with E-state index in [0.29, 0.717) is 73.7 Å². The zero-order chi connectivity index (χ0) is 61.8. The molecule has 18 heteroatoms. The SMILES string of the molecule is CCC(=O)C[S@@]1(=O)=NC(=O)c2ccc3c(c2)N(C[C@@H]2CC[C@H]2[C@@H](OC)/C=C/CCC1)C[C@@]1(CCCc2cc(Cl)ccc21)CO3.CCC(=O)C[S@]1(=O)=NC(=O)c2ccc3c(c2)N(C[C@@H]2CC[C@H]2[C@@H](OC)/C=C/CCC1)C[C@@]1(CCCc2cc(Cl)ccc21)CO3. The summed E-state index contributed by atoms with van der Waals surface area (Å²) in [5, 5.41) is 1.51. The first-order valence-electron chi connectivity index (χ1n) is 32.0. The molecule has 0 unspecified atom stereocenters. The molecule has 2 fully saturated rings. The van der Waals surface area contributed by atoms with Crippen molar-refractivity contribution < 1.29 is 46.5 Å². The smallest absolute Gasteiger partial charge is 0.285 e. The fourth-order valence-electron chi connectivity index (χ4n) is 15.1. The van der Waals surface area contributed by atoms with Crippen LogP contribution < -0.4 is 19.3 Å². The summed E-state index contributed by atoms with van der Waals surface area (Å²) in [5.74, 6) is 1.73. The van der Waals surface area contributed by atoms with E-state index < -0.39 is 31.3 Å².